The summed E-state index contributed by atoms with van der Waals surface area (Å²) in [6, 6.07) is 8.72. The van der Waals surface area contributed by atoms with Gasteiger partial charge in [0.05, 0.1) is 17.4 Å². The van der Waals surface area contributed by atoms with Crippen LogP contribution in [0.25, 0.3) is 16.6 Å². The number of ether oxygens (including phenoxy) is 2. The molecule has 0 saturated heterocycles. The standard InChI is InChI=1S/C22H27N5O4/c1-14(2)19(24-21(29)31-22(3,4)5)20(28)30-13-15-12-27(26-25-15)18-10-11-23-17-9-7-6-8-16(17)18/h6-12,14,19H,13H2,1-5H3,(H,24,29)/t19-/m0/s1. The van der Waals surface area contributed by atoms with Crippen LogP contribution >= 0.6 is 0 Å². The number of hydrogen-bond donors (Lipinski definition) is 1. The number of fused-ring (bicyclic) bond motifs is 1. The van der Waals surface area contributed by atoms with Gasteiger partial charge in [0, 0.05) is 11.6 Å². The zero-order valence-corrected chi connectivity index (χ0v) is 18.3. The van der Waals surface area contributed by atoms with Gasteiger partial charge in [0.25, 0.3) is 0 Å². The number of aromatic nitrogens is 4. The lowest BCUT2D eigenvalue weighted by atomic mass is 10.1. The van der Waals surface area contributed by atoms with Gasteiger partial charge in [-0.2, -0.15) is 0 Å². The Morgan fingerprint density at radius 2 is 1.90 bits per heavy atom. The molecule has 1 amide bonds. The molecule has 9 heteroatoms. The summed E-state index contributed by atoms with van der Waals surface area (Å²) in [5.41, 5.74) is 1.48. The Balaban J connectivity index is 1.66. The average molecular weight is 425 g/mol. The molecule has 2 aromatic heterocycles. The van der Waals surface area contributed by atoms with Gasteiger partial charge in [-0.05, 0) is 38.8 Å². The van der Waals surface area contributed by atoms with E-state index in [0.29, 0.717) is 5.69 Å². The molecule has 0 aliphatic carbocycles. The lowest BCUT2D eigenvalue weighted by Crippen LogP contribution is -2.47. The summed E-state index contributed by atoms with van der Waals surface area (Å²) in [7, 11) is 0. The molecule has 3 rings (SSSR count). The van der Waals surface area contributed by atoms with Crippen molar-refractivity contribution in [2.45, 2.75) is 52.9 Å². The number of rotatable bonds is 6. The highest BCUT2D eigenvalue weighted by Gasteiger charge is 2.28. The number of pyridine rings is 1. The van der Waals surface area contributed by atoms with Crippen LogP contribution in [0.4, 0.5) is 4.79 Å². The number of alkyl carbamates (subject to hydrolysis) is 1. The minimum absolute atomic E-state index is 0.0684. The number of carbonyl (C=O) groups is 2. The van der Waals surface area contributed by atoms with E-state index in [2.05, 4.69) is 20.6 Å². The van der Waals surface area contributed by atoms with E-state index in [1.165, 1.54) is 0 Å². The topological polar surface area (TPSA) is 108 Å². The Hall–Kier alpha value is -3.49. The number of carbonyl (C=O) groups excluding carboxylic acids is 2. The maximum atomic E-state index is 12.6. The third kappa shape index (κ3) is 5.78. The molecule has 0 spiro atoms. The quantitative estimate of drug-likeness (QED) is 0.603. The molecular weight excluding hydrogens is 398 g/mol. The second-order valence-electron chi connectivity index (χ2n) is 8.48. The molecular formula is C22H27N5O4. The Labute approximate surface area is 180 Å². The largest absolute Gasteiger partial charge is 0.457 e. The van der Waals surface area contributed by atoms with Crippen molar-refractivity contribution in [1.29, 1.82) is 0 Å². The minimum atomic E-state index is -0.839. The molecule has 0 unspecified atom stereocenters. The fourth-order valence-corrected chi connectivity index (χ4v) is 2.93. The SMILES string of the molecule is CC(C)[C@H](NC(=O)OC(C)(C)C)C(=O)OCc1cn(-c2ccnc3ccccc23)nn1. The molecule has 31 heavy (non-hydrogen) atoms. The first kappa shape index (κ1) is 22.2. The molecule has 1 N–H and O–H groups in total. The van der Waals surface area contributed by atoms with Gasteiger partial charge in [0.2, 0.25) is 0 Å². The predicted molar refractivity (Wildman–Crippen MR) is 114 cm³/mol. The van der Waals surface area contributed by atoms with E-state index < -0.39 is 23.7 Å². The van der Waals surface area contributed by atoms with Crippen molar-refractivity contribution in [3.63, 3.8) is 0 Å². The van der Waals surface area contributed by atoms with Crippen molar-refractivity contribution in [2.75, 3.05) is 0 Å². The molecule has 164 valence electrons. The molecule has 2 heterocycles. The zero-order chi connectivity index (χ0) is 22.6. The van der Waals surface area contributed by atoms with Crippen LogP contribution < -0.4 is 5.32 Å². The summed E-state index contributed by atoms with van der Waals surface area (Å²) in [5, 5.41) is 11.7. The van der Waals surface area contributed by atoms with Crippen LogP contribution in [-0.4, -0.2) is 43.7 Å². The highest BCUT2D eigenvalue weighted by atomic mass is 16.6. The smallest absolute Gasteiger partial charge is 0.408 e. The van der Waals surface area contributed by atoms with Crippen molar-refractivity contribution in [3.8, 4) is 5.69 Å². The monoisotopic (exact) mass is 425 g/mol. The van der Waals surface area contributed by atoms with Gasteiger partial charge in [-0.25, -0.2) is 14.3 Å². The van der Waals surface area contributed by atoms with E-state index in [4.69, 9.17) is 9.47 Å². The number of hydrogen-bond acceptors (Lipinski definition) is 7. The van der Waals surface area contributed by atoms with Gasteiger partial charge in [0.1, 0.15) is 23.9 Å². The fraction of sp³-hybridized carbons (Fsp3) is 0.409. The number of amides is 1. The third-order valence-electron chi connectivity index (χ3n) is 4.37. The van der Waals surface area contributed by atoms with Crippen molar-refractivity contribution >= 4 is 23.0 Å². The summed E-state index contributed by atoms with van der Waals surface area (Å²) >= 11 is 0. The average Bonchev–Trinajstić information content (AvgIpc) is 3.17. The Bertz CT molecular complexity index is 1070. The number of nitrogens with one attached hydrogen (secondary N) is 1. The highest BCUT2D eigenvalue weighted by molar-refractivity contribution is 5.86. The lowest BCUT2D eigenvalue weighted by Gasteiger charge is -2.24. The molecule has 9 nitrogen and oxygen atoms in total. The molecule has 1 atom stereocenters. The maximum absolute atomic E-state index is 12.6. The van der Waals surface area contributed by atoms with Crippen molar-refractivity contribution in [2.24, 2.45) is 5.92 Å². The van der Waals surface area contributed by atoms with Crippen LogP contribution in [-0.2, 0) is 20.9 Å². The second-order valence-corrected chi connectivity index (χ2v) is 8.48. The number of nitrogens with zero attached hydrogens (tertiary/aromatic N) is 4. The Kier molecular flexibility index (Phi) is 6.53. The van der Waals surface area contributed by atoms with Crippen LogP contribution in [0.3, 0.4) is 0 Å². The first-order chi connectivity index (χ1) is 14.6. The van der Waals surface area contributed by atoms with Gasteiger partial charge in [-0.1, -0.05) is 37.3 Å². The number of para-hydroxylation sites is 1. The van der Waals surface area contributed by atoms with Gasteiger partial charge in [-0.15, -0.1) is 5.10 Å². The Morgan fingerprint density at radius 1 is 1.16 bits per heavy atom. The van der Waals surface area contributed by atoms with E-state index in [1.54, 1.807) is 37.8 Å². The summed E-state index contributed by atoms with van der Waals surface area (Å²) in [6.45, 7) is 8.82. The summed E-state index contributed by atoms with van der Waals surface area (Å²) in [6.07, 6.45) is 2.73. The molecule has 3 aromatic rings. The number of benzene rings is 1. The molecule has 0 aliphatic rings. The van der Waals surface area contributed by atoms with Crippen LogP contribution in [0.5, 0.6) is 0 Å². The second kappa shape index (κ2) is 9.11. The fourth-order valence-electron chi connectivity index (χ4n) is 2.93. The Morgan fingerprint density at radius 3 is 2.61 bits per heavy atom. The molecule has 0 radical (unpaired) electrons. The van der Waals surface area contributed by atoms with E-state index in [-0.39, 0.29) is 12.5 Å². The van der Waals surface area contributed by atoms with Crippen LogP contribution in [0.1, 0.15) is 40.3 Å². The van der Waals surface area contributed by atoms with Gasteiger partial charge in [0.15, 0.2) is 0 Å². The van der Waals surface area contributed by atoms with Crippen LogP contribution in [0.2, 0.25) is 0 Å². The highest BCUT2D eigenvalue weighted by Crippen LogP contribution is 2.19. The normalized spacial score (nSPS) is 12.6. The van der Waals surface area contributed by atoms with Crippen LogP contribution in [0.15, 0.2) is 42.7 Å². The van der Waals surface area contributed by atoms with Gasteiger partial charge >= 0.3 is 12.1 Å². The van der Waals surface area contributed by atoms with Crippen molar-refractivity contribution < 1.29 is 19.1 Å². The zero-order valence-electron chi connectivity index (χ0n) is 18.3. The summed E-state index contributed by atoms with van der Waals surface area (Å²) in [4.78, 5) is 28.9. The minimum Gasteiger partial charge on any atom is -0.457 e. The first-order valence-electron chi connectivity index (χ1n) is 10.1. The molecule has 1 aromatic carbocycles. The molecule has 0 fully saturated rings. The van der Waals surface area contributed by atoms with E-state index in [9.17, 15) is 9.59 Å². The van der Waals surface area contributed by atoms with Crippen molar-refractivity contribution in [3.05, 3.63) is 48.4 Å². The van der Waals surface area contributed by atoms with Crippen molar-refractivity contribution in [1.82, 2.24) is 25.3 Å². The van der Waals surface area contributed by atoms with Crippen LogP contribution in [0, 0.1) is 5.92 Å². The first-order valence-corrected chi connectivity index (χ1v) is 10.1. The molecule has 0 aliphatic heterocycles. The van der Waals surface area contributed by atoms with E-state index >= 15 is 0 Å². The summed E-state index contributed by atoms with van der Waals surface area (Å²) < 4.78 is 12.2. The van der Waals surface area contributed by atoms with E-state index in [1.807, 2.05) is 44.2 Å². The summed E-state index contributed by atoms with van der Waals surface area (Å²) in [5.74, 6) is -0.747. The molecule has 0 saturated carbocycles. The van der Waals surface area contributed by atoms with Gasteiger partial charge in [-0.3, -0.25) is 4.98 Å². The van der Waals surface area contributed by atoms with Gasteiger partial charge < -0.3 is 14.8 Å². The number of esters is 1. The third-order valence-corrected chi connectivity index (χ3v) is 4.37. The predicted octanol–water partition coefficient (Wildman–Crippen LogP) is 3.41. The molecule has 0 bridgehead atoms. The van der Waals surface area contributed by atoms with E-state index in [0.717, 1.165) is 16.6 Å². The lowest BCUT2D eigenvalue weighted by molar-refractivity contribution is -0.148. The maximum Gasteiger partial charge on any atom is 0.408 e.